The lowest BCUT2D eigenvalue weighted by Gasteiger charge is -2.34. The van der Waals surface area contributed by atoms with Crippen LogP contribution >= 0.6 is 22.9 Å². The molecule has 1 amide bonds. The molecule has 1 aliphatic heterocycles. The molecule has 194 valence electrons. The van der Waals surface area contributed by atoms with Gasteiger partial charge in [0.2, 0.25) is 0 Å². The highest BCUT2D eigenvalue weighted by Crippen LogP contribution is 2.28. The van der Waals surface area contributed by atoms with Gasteiger partial charge in [-0.3, -0.25) is 9.80 Å². The number of thiazole rings is 1. The summed E-state index contributed by atoms with van der Waals surface area (Å²) in [7, 11) is 1.34. The monoisotopic (exact) mass is 542 g/mol. The van der Waals surface area contributed by atoms with Crippen LogP contribution in [0.1, 0.15) is 28.0 Å². The predicted octanol–water partition coefficient (Wildman–Crippen LogP) is 3.87. The average molecular weight is 543 g/mol. The molecule has 3 heterocycles. The third-order valence-electron chi connectivity index (χ3n) is 5.60. The van der Waals surface area contributed by atoms with Crippen molar-refractivity contribution in [3.63, 3.8) is 0 Å². The van der Waals surface area contributed by atoms with E-state index in [9.17, 15) is 9.59 Å². The molecule has 4 rings (SSSR count). The van der Waals surface area contributed by atoms with Crippen LogP contribution in [-0.2, 0) is 9.53 Å². The molecule has 3 aromatic rings. The van der Waals surface area contributed by atoms with Crippen LogP contribution in [0.4, 0.5) is 22.5 Å². The molecular weight excluding hydrogens is 516 g/mol. The number of methoxy groups -OCH3 is 1. The Balaban J connectivity index is 1.41. The van der Waals surface area contributed by atoms with Crippen molar-refractivity contribution in [3.8, 4) is 0 Å². The molecule has 1 aliphatic rings. The van der Waals surface area contributed by atoms with Gasteiger partial charge < -0.3 is 20.3 Å². The van der Waals surface area contributed by atoms with Crippen molar-refractivity contribution < 1.29 is 14.3 Å². The summed E-state index contributed by atoms with van der Waals surface area (Å²) in [6.07, 6.45) is 1.51. The van der Waals surface area contributed by atoms with Gasteiger partial charge in [0.1, 0.15) is 28.0 Å². The normalized spacial score (nSPS) is 13.9. The van der Waals surface area contributed by atoms with Gasteiger partial charge in [-0.25, -0.2) is 19.7 Å². The van der Waals surface area contributed by atoms with Crippen LogP contribution in [0, 0.1) is 13.8 Å². The van der Waals surface area contributed by atoms with E-state index in [0.29, 0.717) is 64.3 Å². The van der Waals surface area contributed by atoms with Crippen LogP contribution in [-0.4, -0.2) is 70.8 Å². The Hall–Kier alpha value is -3.77. The van der Waals surface area contributed by atoms with E-state index in [2.05, 4.69) is 35.6 Å². The number of nitrogens with one attached hydrogen (secondary N) is 2. The molecule has 37 heavy (non-hydrogen) atoms. The van der Waals surface area contributed by atoms with Gasteiger partial charge in [0, 0.05) is 19.2 Å². The molecule has 1 fully saturated rings. The number of aromatic nitrogens is 3. The smallest absolute Gasteiger partial charge is 0.353 e. The van der Waals surface area contributed by atoms with E-state index in [1.165, 1.54) is 24.6 Å². The fourth-order valence-electron chi connectivity index (χ4n) is 3.72. The summed E-state index contributed by atoms with van der Waals surface area (Å²) < 4.78 is 4.71. The third kappa shape index (κ3) is 6.52. The van der Waals surface area contributed by atoms with Crippen LogP contribution in [0.2, 0.25) is 5.02 Å². The quantitative estimate of drug-likeness (QED) is 0.338. The highest BCUT2D eigenvalue weighted by atomic mass is 35.5. The zero-order chi connectivity index (χ0) is 26.5. The van der Waals surface area contributed by atoms with Crippen molar-refractivity contribution >= 4 is 63.0 Å². The molecule has 0 bridgehead atoms. The second-order valence-electron chi connectivity index (χ2n) is 8.32. The Morgan fingerprint density at radius 2 is 1.92 bits per heavy atom. The molecule has 0 spiro atoms. The highest BCUT2D eigenvalue weighted by molar-refractivity contribution is 7.17. The first-order chi connectivity index (χ1) is 17.7. The number of aryl methyl sites for hydroxylation is 2. The van der Waals surface area contributed by atoms with E-state index >= 15 is 0 Å². The maximum absolute atomic E-state index is 12.7. The van der Waals surface area contributed by atoms with E-state index in [-0.39, 0.29) is 5.91 Å². The fraction of sp³-hybridized carbons (Fsp3) is 0.333. The Morgan fingerprint density at radius 3 is 2.62 bits per heavy atom. The summed E-state index contributed by atoms with van der Waals surface area (Å²) in [6, 6.07) is 7.29. The first-order valence-corrected chi connectivity index (χ1v) is 12.7. The first kappa shape index (κ1) is 26.3. The van der Waals surface area contributed by atoms with E-state index in [1.807, 2.05) is 37.1 Å². The van der Waals surface area contributed by atoms with E-state index in [0.717, 1.165) is 11.4 Å². The number of amides is 1. The predicted molar refractivity (Wildman–Crippen MR) is 145 cm³/mol. The molecule has 2 N–H and O–H groups in total. The number of hydrogen-bond donors (Lipinski definition) is 2. The van der Waals surface area contributed by atoms with Gasteiger partial charge in [-0.05, 0) is 32.4 Å². The van der Waals surface area contributed by atoms with Gasteiger partial charge in [-0.1, -0.05) is 35.1 Å². The Labute approximate surface area is 223 Å². The molecule has 1 saturated heterocycles. The molecule has 0 unspecified atom stereocenters. The number of halogens is 1. The van der Waals surface area contributed by atoms with Gasteiger partial charge in [-0.2, -0.15) is 5.10 Å². The van der Waals surface area contributed by atoms with Gasteiger partial charge in [0.25, 0.3) is 5.91 Å². The molecule has 2 aromatic heterocycles. The minimum atomic E-state index is -0.439. The molecule has 1 aromatic carbocycles. The zero-order valence-corrected chi connectivity index (χ0v) is 22.5. The number of ether oxygens (including phenoxy) is 1. The van der Waals surface area contributed by atoms with Crippen LogP contribution in [0.15, 0.2) is 35.6 Å². The van der Waals surface area contributed by atoms with Gasteiger partial charge in [0.15, 0.2) is 5.13 Å². The van der Waals surface area contributed by atoms with Gasteiger partial charge in [0.05, 0.1) is 37.1 Å². The number of nitrogens with zero attached hydrogens (tertiary/aromatic N) is 6. The number of carbonyl (C=O) groups excluding carboxylic acids is 2. The van der Waals surface area contributed by atoms with Crippen molar-refractivity contribution in [2.75, 3.05) is 48.8 Å². The molecule has 0 atom stereocenters. The largest absolute Gasteiger partial charge is 0.464 e. The maximum Gasteiger partial charge on any atom is 0.353 e. The number of benzene rings is 1. The molecule has 0 radical (unpaired) electrons. The summed E-state index contributed by atoms with van der Waals surface area (Å²) in [5.74, 6) is 1.22. The number of para-hydroxylation sites is 1. The van der Waals surface area contributed by atoms with Crippen LogP contribution in [0.5, 0.6) is 0 Å². The number of hydrazone groups is 1. The van der Waals surface area contributed by atoms with E-state index in [4.69, 9.17) is 16.3 Å². The lowest BCUT2D eigenvalue weighted by molar-refractivity contribution is -0.132. The molecule has 13 heteroatoms. The number of rotatable bonds is 7. The van der Waals surface area contributed by atoms with Crippen molar-refractivity contribution in [3.05, 3.63) is 51.7 Å². The van der Waals surface area contributed by atoms with Crippen LogP contribution < -0.4 is 15.5 Å². The summed E-state index contributed by atoms with van der Waals surface area (Å²) in [4.78, 5) is 40.3. The zero-order valence-electron chi connectivity index (χ0n) is 20.9. The minimum Gasteiger partial charge on any atom is -0.464 e. The van der Waals surface area contributed by atoms with Crippen molar-refractivity contribution in [2.45, 2.75) is 20.8 Å². The van der Waals surface area contributed by atoms with Gasteiger partial charge in [-0.15, -0.1) is 0 Å². The SMILES string of the molecule is COC(=O)/C(C)=N/N1CCN(c2cc(Nc3ncc(C(=O)Nc4c(C)cccc4Cl)s3)nc(C)n2)CC1. The number of piperazine rings is 1. The van der Waals surface area contributed by atoms with Crippen LogP contribution in [0.3, 0.4) is 0 Å². The summed E-state index contributed by atoms with van der Waals surface area (Å²) in [5.41, 5.74) is 1.78. The number of esters is 1. The fourth-order valence-corrected chi connectivity index (χ4v) is 4.70. The molecular formula is C24H27ClN8O3S. The summed E-state index contributed by atoms with van der Waals surface area (Å²) in [5, 5.41) is 13.2. The van der Waals surface area contributed by atoms with E-state index < -0.39 is 5.97 Å². The topological polar surface area (TPSA) is 125 Å². The lowest BCUT2D eigenvalue weighted by Crippen LogP contribution is -2.45. The summed E-state index contributed by atoms with van der Waals surface area (Å²) in [6.45, 7) is 7.96. The highest BCUT2D eigenvalue weighted by Gasteiger charge is 2.20. The van der Waals surface area contributed by atoms with Crippen molar-refractivity contribution in [1.82, 2.24) is 20.0 Å². The van der Waals surface area contributed by atoms with Crippen molar-refractivity contribution in [2.24, 2.45) is 5.10 Å². The Morgan fingerprint density at radius 1 is 1.16 bits per heavy atom. The Bertz CT molecular complexity index is 1320. The maximum atomic E-state index is 12.7. The second-order valence-corrected chi connectivity index (χ2v) is 9.75. The number of anilines is 4. The standard InChI is InChI=1S/C24H27ClN8O3S/c1-14-6-5-7-17(25)21(14)30-22(34)18-13-26-24(37-18)29-19-12-20(28-16(3)27-19)32-8-10-33(11-9-32)31-15(2)23(35)36-4/h5-7,12-13H,8-11H2,1-4H3,(H,30,34)(H,26,27,28,29)/b31-15+. The molecule has 11 nitrogen and oxygen atoms in total. The second kappa shape index (κ2) is 11.5. The molecule has 0 saturated carbocycles. The van der Waals surface area contributed by atoms with Crippen molar-refractivity contribution in [1.29, 1.82) is 0 Å². The summed E-state index contributed by atoms with van der Waals surface area (Å²) >= 11 is 7.44. The molecule has 0 aliphatic carbocycles. The number of hydrogen-bond acceptors (Lipinski definition) is 11. The Kier molecular flexibility index (Phi) is 8.19. The van der Waals surface area contributed by atoms with E-state index in [1.54, 1.807) is 13.0 Å². The average Bonchev–Trinajstić information content (AvgIpc) is 3.34. The van der Waals surface area contributed by atoms with Gasteiger partial charge >= 0.3 is 5.97 Å². The lowest BCUT2D eigenvalue weighted by atomic mass is 10.2. The van der Waals surface area contributed by atoms with Crippen LogP contribution in [0.25, 0.3) is 0 Å². The first-order valence-electron chi connectivity index (χ1n) is 11.5. The third-order valence-corrected chi connectivity index (χ3v) is 6.83. The minimum absolute atomic E-state index is 0.288. The number of carbonyl (C=O) groups is 2.